The fraction of sp³-hybridized carbons (Fsp3) is 0.500. The summed E-state index contributed by atoms with van der Waals surface area (Å²) in [7, 11) is 0. The largest absolute Gasteiger partial charge is 0.349 e. The maximum absolute atomic E-state index is 13.6. The summed E-state index contributed by atoms with van der Waals surface area (Å²) in [4.78, 5) is 12.2. The molecule has 5 heteroatoms. The summed E-state index contributed by atoms with van der Waals surface area (Å²) in [6.45, 7) is 5.01. The number of amides is 1. The van der Waals surface area contributed by atoms with Crippen LogP contribution >= 0.6 is 0 Å². The van der Waals surface area contributed by atoms with Crippen LogP contribution in [0.15, 0.2) is 18.2 Å². The second kappa shape index (κ2) is 5.25. The molecule has 1 aliphatic heterocycles. The van der Waals surface area contributed by atoms with Crippen LogP contribution in [0, 0.1) is 17.0 Å². The highest BCUT2D eigenvalue weighted by Crippen LogP contribution is 2.26. The van der Waals surface area contributed by atoms with Crippen molar-refractivity contribution in [3.63, 3.8) is 0 Å². The van der Waals surface area contributed by atoms with Crippen molar-refractivity contribution in [3.05, 3.63) is 35.4 Å². The van der Waals surface area contributed by atoms with Crippen LogP contribution in [0.1, 0.15) is 31.9 Å². The van der Waals surface area contributed by atoms with Gasteiger partial charge in [-0.3, -0.25) is 4.79 Å². The van der Waals surface area contributed by atoms with E-state index in [1.54, 1.807) is 6.92 Å². The lowest BCUT2D eigenvalue weighted by Gasteiger charge is -2.25. The molecule has 1 fully saturated rings. The van der Waals surface area contributed by atoms with E-state index in [1.807, 2.05) is 6.92 Å². The van der Waals surface area contributed by atoms with E-state index in [0.29, 0.717) is 12.1 Å². The number of carbonyl (C=O) groups excluding carboxylic acids is 1. The van der Waals surface area contributed by atoms with Gasteiger partial charge in [-0.15, -0.1) is 0 Å². The Morgan fingerprint density at radius 2 is 2.21 bits per heavy atom. The van der Waals surface area contributed by atoms with Gasteiger partial charge in [-0.25, -0.2) is 8.78 Å². The third-order valence-electron chi connectivity index (χ3n) is 3.69. The minimum Gasteiger partial charge on any atom is -0.349 e. The van der Waals surface area contributed by atoms with Gasteiger partial charge in [0.25, 0.3) is 0 Å². The normalized spacial score (nSPS) is 24.2. The van der Waals surface area contributed by atoms with E-state index in [0.717, 1.165) is 19.0 Å². The van der Waals surface area contributed by atoms with Crippen molar-refractivity contribution in [1.29, 1.82) is 0 Å². The van der Waals surface area contributed by atoms with Gasteiger partial charge < -0.3 is 10.6 Å². The van der Waals surface area contributed by atoms with Crippen molar-refractivity contribution < 1.29 is 13.6 Å². The summed E-state index contributed by atoms with van der Waals surface area (Å²) in [6.07, 6.45) is 0.761. The van der Waals surface area contributed by atoms with Gasteiger partial charge in [0, 0.05) is 18.2 Å². The smallest absolute Gasteiger partial charge is 0.227 e. The minimum atomic E-state index is -0.637. The zero-order valence-corrected chi connectivity index (χ0v) is 11.1. The first-order chi connectivity index (χ1) is 8.92. The standard InChI is InChI=1S/C14H18F2N2O/c1-9(11-4-3-10(15)7-12(11)16)18-13(19)14(2)5-6-17-8-14/h3-4,7,9,17H,5-6,8H2,1-2H3,(H,18,19). The lowest BCUT2D eigenvalue weighted by Crippen LogP contribution is -2.41. The average Bonchev–Trinajstić information content (AvgIpc) is 2.77. The molecule has 1 saturated heterocycles. The minimum absolute atomic E-state index is 0.103. The Hall–Kier alpha value is -1.49. The third kappa shape index (κ3) is 2.92. The maximum Gasteiger partial charge on any atom is 0.227 e. The molecule has 3 nitrogen and oxygen atoms in total. The van der Waals surface area contributed by atoms with Gasteiger partial charge in [-0.05, 0) is 32.9 Å². The Kier molecular flexibility index (Phi) is 3.85. The molecule has 0 aromatic heterocycles. The van der Waals surface area contributed by atoms with Gasteiger partial charge >= 0.3 is 0 Å². The van der Waals surface area contributed by atoms with Crippen LogP contribution in [0.2, 0.25) is 0 Å². The van der Waals surface area contributed by atoms with E-state index in [1.165, 1.54) is 12.1 Å². The Balaban J connectivity index is 2.08. The summed E-state index contributed by atoms with van der Waals surface area (Å²) in [5.74, 6) is -1.36. The van der Waals surface area contributed by atoms with E-state index < -0.39 is 23.1 Å². The van der Waals surface area contributed by atoms with Crippen LogP contribution in [0.25, 0.3) is 0 Å². The van der Waals surface area contributed by atoms with Crippen molar-refractivity contribution in [3.8, 4) is 0 Å². The first-order valence-corrected chi connectivity index (χ1v) is 6.39. The summed E-state index contributed by atoms with van der Waals surface area (Å²) in [5.41, 5.74) is -0.158. The molecule has 19 heavy (non-hydrogen) atoms. The number of hydrogen-bond donors (Lipinski definition) is 2. The Bertz CT molecular complexity index is 484. The van der Waals surface area contributed by atoms with Gasteiger partial charge in [0.2, 0.25) is 5.91 Å². The summed E-state index contributed by atoms with van der Waals surface area (Å²) in [5, 5.41) is 5.94. The topological polar surface area (TPSA) is 41.1 Å². The van der Waals surface area contributed by atoms with E-state index in [4.69, 9.17) is 0 Å². The predicted octanol–water partition coefficient (Wildman–Crippen LogP) is 2.14. The fourth-order valence-corrected chi connectivity index (χ4v) is 2.31. The van der Waals surface area contributed by atoms with Crippen molar-refractivity contribution in [2.24, 2.45) is 5.41 Å². The van der Waals surface area contributed by atoms with Crippen molar-refractivity contribution in [2.45, 2.75) is 26.3 Å². The second-order valence-corrected chi connectivity index (χ2v) is 5.35. The molecule has 1 amide bonds. The molecule has 2 rings (SSSR count). The van der Waals surface area contributed by atoms with Gasteiger partial charge in [0.05, 0.1) is 11.5 Å². The van der Waals surface area contributed by atoms with E-state index in [-0.39, 0.29) is 5.91 Å². The molecule has 1 aliphatic rings. The van der Waals surface area contributed by atoms with Crippen molar-refractivity contribution in [1.82, 2.24) is 10.6 Å². The van der Waals surface area contributed by atoms with Crippen LogP contribution < -0.4 is 10.6 Å². The number of nitrogens with one attached hydrogen (secondary N) is 2. The SMILES string of the molecule is CC(NC(=O)C1(C)CCNC1)c1ccc(F)cc1F. The lowest BCUT2D eigenvalue weighted by molar-refractivity contribution is -0.129. The first kappa shape index (κ1) is 13.9. The molecule has 1 heterocycles. The maximum atomic E-state index is 13.6. The molecule has 0 bridgehead atoms. The summed E-state index contributed by atoms with van der Waals surface area (Å²) in [6, 6.07) is 2.91. The molecule has 0 aliphatic carbocycles. The number of halogens is 2. The summed E-state index contributed by atoms with van der Waals surface area (Å²) < 4.78 is 26.5. The molecule has 2 N–H and O–H groups in total. The molecule has 0 saturated carbocycles. The zero-order valence-electron chi connectivity index (χ0n) is 11.1. The van der Waals surface area contributed by atoms with Crippen LogP contribution in [-0.2, 0) is 4.79 Å². The van der Waals surface area contributed by atoms with E-state index in [2.05, 4.69) is 10.6 Å². The third-order valence-corrected chi connectivity index (χ3v) is 3.69. The molecule has 0 spiro atoms. The molecule has 0 radical (unpaired) electrons. The van der Waals surface area contributed by atoms with Gasteiger partial charge in [0.1, 0.15) is 11.6 Å². The Morgan fingerprint density at radius 3 is 2.79 bits per heavy atom. The molecular weight excluding hydrogens is 250 g/mol. The highest BCUT2D eigenvalue weighted by Gasteiger charge is 2.36. The molecule has 2 unspecified atom stereocenters. The highest BCUT2D eigenvalue weighted by atomic mass is 19.1. The average molecular weight is 268 g/mol. The number of hydrogen-bond acceptors (Lipinski definition) is 2. The van der Waals surface area contributed by atoms with Crippen LogP contribution in [0.4, 0.5) is 8.78 Å². The summed E-state index contributed by atoms with van der Waals surface area (Å²) >= 11 is 0. The lowest BCUT2D eigenvalue weighted by atomic mass is 9.88. The monoisotopic (exact) mass is 268 g/mol. The van der Waals surface area contributed by atoms with Crippen LogP contribution in [0.3, 0.4) is 0 Å². The van der Waals surface area contributed by atoms with Crippen molar-refractivity contribution >= 4 is 5.91 Å². The molecule has 104 valence electrons. The fourth-order valence-electron chi connectivity index (χ4n) is 2.31. The van der Waals surface area contributed by atoms with Crippen LogP contribution in [0.5, 0.6) is 0 Å². The highest BCUT2D eigenvalue weighted by molar-refractivity contribution is 5.83. The second-order valence-electron chi connectivity index (χ2n) is 5.35. The molecule has 1 aromatic carbocycles. The van der Waals surface area contributed by atoms with Gasteiger partial charge in [0.15, 0.2) is 0 Å². The zero-order chi connectivity index (χ0) is 14.0. The Labute approximate surface area is 111 Å². The quantitative estimate of drug-likeness (QED) is 0.882. The molecular formula is C14H18F2N2O. The number of carbonyl (C=O) groups is 1. The molecule has 2 atom stereocenters. The van der Waals surface area contributed by atoms with E-state index >= 15 is 0 Å². The van der Waals surface area contributed by atoms with Crippen molar-refractivity contribution in [2.75, 3.05) is 13.1 Å². The first-order valence-electron chi connectivity index (χ1n) is 6.39. The number of benzene rings is 1. The molecule has 1 aromatic rings. The van der Waals surface area contributed by atoms with Crippen LogP contribution in [-0.4, -0.2) is 19.0 Å². The predicted molar refractivity (Wildman–Crippen MR) is 68.5 cm³/mol. The number of rotatable bonds is 3. The van der Waals surface area contributed by atoms with Gasteiger partial charge in [-0.1, -0.05) is 6.07 Å². The van der Waals surface area contributed by atoms with Gasteiger partial charge in [-0.2, -0.15) is 0 Å². The Morgan fingerprint density at radius 1 is 1.47 bits per heavy atom. The van der Waals surface area contributed by atoms with E-state index in [9.17, 15) is 13.6 Å².